The Morgan fingerprint density at radius 2 is 0.820 bits per heavy atom. The first kappa shape index (κ1) is 28.2. The van der Waals surface area contributed by atoms with Crippen LogP contribution >= 0.6 is 0 Å². The molecule has 0 amide bonds. The number of nitrogens with zero attached hydrogens (tertiary/aromatic N) is 3. The highest BCUT2D eigenvalue weighted by Crippen LogP contribution is 2.38. The number of para-hydroxylation sites is 3. The maximum absolute atomic E-state index is 9.21. The molecule has 10 aromatic rings. The molecule has 2 aromatic heterocycles. The lowest BCUT2D eigenvalue weighted by molar-refractivity contribution is 1.18. The van der Waals surface area contributed by atoms with Crippen LogP contribution in [0.5, 0.6) is 0 Å². The van der Waals surface area contributed by atoms with Crippen molar-refractivity contribution in [3.63, 3.8) is 0 Å². The first-order valence-electron chi connectivity index (χ1n) is 16.9. The van der Waals surface area contributed by atoms with Crippen molar-refractivity contribution in [1.29, 1.82) is 5.26 Å². The molecule has 232 valence electrons. The van der Waals surface area contributed by atoms with Gasteiger partial charge in [-0.2, -0.15) is 5.26 Å². The molecule has 0 atom stereocenters. The van der Waals surface area contributed by atoms with Crippen LogP contribution in [-0.4, -0.2) is 9.13 Å². The summed E-state index contributed by atoms with van der Waals surface area (Å²) in [5.41, 5.74) is 12.3. The van der Waals surface area contributed by atoms with Crippen molar-refractivity contribution in [2.75, 3.05) is 0 Å². The molecule has 0 fully saturated rings. The Hall–Kier alpha value is -6.89. The molecule has 0 radical (unpaired) electrons. The van der Waals surface area contributed by atoms with Gasteiger partial charge in [-0.15, -0.1) is 0 Å². The van der Waals surface area contributed by atoms with Crippen LogP contribution in [0.3, 0.4) is 0 Å². The Balaban J connectivity index is 1.13. The van der Waals surface area contributed by atoms with Crippen LogP contribution in [-0.2, 0) is 0 Å². The summed E-state index contributed by atoms with van der Waals surface area (Å²) < 4.78 is 4.78. The van der Waals surface area contributed by atoms with E-state index in [4.69, 9.17) is 0 Å². The molecule has 2 heterocycles. The molecule has 0 saturated heterocycles. The maximum atomic E-state index is 9.21. The number of hydrogen-bond donors (Lipinski definition) is 0. The van der Waals surface area contributed by atoms with Gasteiger partial charge in [-0.05, 0) is 99.8 Å². The smallest absolute Gasteiger partial charge is 0.0991 e. The zero-order valence-corrected chi connectivity index (χ0v) is 27.1. The predicted molar refractivity (Wildman–Crippen MR) is 208 cm³/mol. The fourth-order valence-electron chi connectivity index (χ4n) is 7.72. The van der Waals surface area contributed by atoms with Gasteiger partial charge < -0.3 is 9.13 Å². The average molecular weight is 636 g/mol. The summed E-state index contributed by atoms with van der Waals surface area (Å²) >= 11 is 0. The topological polar surface area (TPSA) is 33.6 Å². The van der Waals surface area contributed by atoms with Gasteiger partial charge in [-0.25, -0.2) is 0 Å². The van der Waals surface area contributed by atoms with E-state index in [1.807, 2.05) is 24.3 Å². The molecule has 0 spiro atoms. The molecule has 0 unspecified atom stereocenters. The molecule has 8 aromatic carbocycles. The molecular weight excluding hydrogens is 607 g/mol. The number of benzene rings is 8. The third-order valence-corrected chi connectivity index (χ3v) is 10.1. The minimum Gasteiger partial charge on any atom is -0.309 e. The Bertz CT molecular complexity index is 2970. The van der Waals surface area contributed by atoms with Crippen LogP contribution in [0.1, 0.15) is 5.56 Å². The standard InChI is InChI=1S/C47H29N3/c48-30-31-14-16-32(17-15-31)33-18-19-35-27-39(23-20-34(35)26-33)50-45-13-7-5-11-41(45)43-25-22-37(29-47(43)50)36-21-24-42-40-10-4-6-12-44(40)49(46(42)28-36)38-8-2-1-3-9-38/h1-29H. The highest BCUT2D eigenvalue weighted by molar-refractivity contribution is 6.12. The Morgan fingerprint density at radius 1 is 0.340 bits per heavy atom. The lowest BCUT2D eigenvalue weighted by Gasteiger charge is -2.12. The number of nitriles is 1. The van der Waals surface area contributed by atoms with Crippen LogP contribution in [0.4, 0.5) is 0 Å². The quantitative estimate of drug-likeness (QED) is 0.189. The number of aromatic nitrogens is 2. The second-order valence-electron chi connectivity index (χ2n) is 12.9. The van der Waals surface area contributed by atoms with Gasteiger partial charge in [0.05, 0.1) is 33.7 Å². The minimum atomic E-state index is 0.671. The fraction of sp³-hybridized carbons (Fsp3) is 0. The van der Waals surface area contributed by atoms with Crippen molar-refractivity contribution in [3.05, 3.63) is 181 Å². The van der Waals surface area contributed by atoms with Crippen LogP contribution in [0, 0.1) is 11.3 Å². The zero-order chi connectivity index (χ0) is 33.2. The van der Waals surface area contributed by atoms with E-state index in [9.17, 15) is 5.26 Å². The summed E-state index contributed by atoms with van der Waals surface area (Å²) in [7, 11) is 0. The molecule has 3 heteroatoms. The molecule has 10 rings (SSSR count). The molecule has 0 aliphatic rings. The first-order chi connectivity index (χ1) is 24.7. The molecule has 0 N–H and O–H groups in total. The van der Waals surface area contributed by atoms with E-state index in [2.05, 4.69) is 167 Å². The van der Waals surface area contributed by atoms with E-state index in [0.717, 1.165) is 22.5 Å². The number of fused-ring (bicyclic) bond motifs is 7. The Kier molecular flexibility index (Phi) is 6.24. The Labute approximate surface area is 289 Å². The van der Waals surface area contributed by atoms with E-state index < -0.39 is 0 Å². The molecule has 0 saturated carbocycles. The number of rotatable bonds is 4. The summed E-state index contributed by atoms with van der Waals surface area (Å²) in [5, 5.41) is 16.6. The number of hydrogen-bond acceptors (Lipinski definition) is 1. The van der Waals surface area contributed by atoms with Crippen molar-refractivity contribution < 1.29 is 0 Å². The Morgan fingerprint density at radius 3 is 1.46 bits per heavy atom. The van der Waals surface area contributed by atoms with Crippen molar-refractivity contribution in [2.24, 2.45) is 0 Å². The van der Waals surface area contributed by atoms with E-state index in [1.165, 1.54) is 65.5 Å². The summed E-state index contributed by atoms with van der Waals surface area (Å²) in [6, 6.07) is 65.1. The summed E-state index contributed by atoms with van der Waals surface area (Å²) in [4.78, 5) is 0. The van der Waals surface area contributed by atoms with E-state index in [-0.39, 0.29) is 0 Å². The second-order valence-corrected chi connectivity index (χ2v) is 12.9. The summed E-state index contributed by atoms with van der Waals surface area (Å²) in [6.07, 6.45) is 0. The van der Waals surface area contributed by atoms with Gasteiger partial charge in [-0.1, -0.05) is 109 Å². The van der Waals surface area contributed by atoms with Gasteiger partial charge in [0.1, 0.15) is 0 Å². The third-order valence-electron chi connectivity index (χ3n) is 10.1. The highest BCUT2D eigenvalue weighted by Gasteiger charge is 2.16. The molecule has 0 bridgehead atoms. The SMILES string of the molecule is N#Cc1ccc(-c2ccc3cc(-n4c5ccccc5c5ccc(-c6ccc7c8ccccc8n(-c8ccccc8)c7c6)cc54)ccc3c2)cc1. The van der Waals surface area contributed by atoms with Gasteiger partial charge in [0.15, 0.2) is 0 Å². The van der Waals surface area contributed by atoms with Crippen LogP contribution in [0.2, 0.25) is 0 Å². The largest absolute Gasteiger partial charge is 0.309 e. The highest BCUT2D eigenvalue weighted by atomic mass is 15.0. The first-order valence-corrected chi connectivity index (χ1v) is 16.9. The van der Waals surface area contributed by atoms with Gasteiger partial charge in [0, 0.05) is 32.9 Å². The van der Waals surface area contributed by atoms with E-state index >= 15 is 0 Å². The van der Waals surface area contributed by atoms with Crippen LogP contribution in [0.15, 0.2) is 176 Å². The minimum absolute atomic E-state index is 0.671. The normalized spacial score (nSPS) is 11.6. The van der Waals surface area contributed by atoms with Gasteiger partial charge in [0.2, 0.25) is 0 Å². The molecule has 0 aliphatic heterocycles. The summed E-state index contributed by atoms with van der Waals surface area (Å²) in [6.45, 7) is 0. The fourth-order valence-corrected chi connectivity index (χ4v) is 7.72. The van der Waals surface area contributed by atoms with Crippen LogP contribution < -0.4 is 0 Å². The lowest BCUT2D eigenvalue weighted by Crippen LogP contribution is -1.94. The monoisotopic (exact) mass is 635 g/mol. The van der Waals surface area contributed by atoms with E-state index in [1.54, 1.807) is 0 Å². The van der Waals surface area contributed by atoms with Crippen molar-refractivity contribution in [3.8, 4) is 39.7 Å². The van der Waals surface area contributed by atoms with Crippen molar-refractivity contribution in [2.45, 2.75) is 0 Å². The molecular formula is C47H29N3. The lowest BCUT2D eigenvalue weighted by atomic mass is 10.00. The van der Waals surface area contributed by atoms with Gasteiger partial charge >= 0.3 is 0 Å². The molecule has 0 aliphatic carbocycles. The zero-order valence-electron chi connectivity index (χ0n) is 27.1. The second kappa shape index (κ2) is 11.1. The predicted octanol–water partition coefficient (Wildman–Crippen LogP) is 12.2. The van der Waals surface area contributed by atoms with Crippen molar-refractivity contribution >= 4 is 54.4 Å². The summed E-state index contributed by atoms with van der Waals surface area (Å²) in [5.74, 6) is 0. The van der Waals surface area contributed by atoms with E-state index in [0.29, 0.717) is 5.56 Å². The van der Waals surface area contributed by atoms with Crippen LogP contribution in [0.25, 0.3) is 88.0 Å². The average Bonchev–Trinajstić information content (AvgIpc) is 3.70. The van der Waals surface area contributed by atoms with Gasteiger partial charge in [-0.3, -0.25) is 0 Å². The van der Waals surface area contributed by atoms with Gasteiger partial charge in [0.25, 0.3) is 0 Å². The molecule has 3 nitrogen and oxygen atoms in total. The molecule has 50 heavy (non-hydrogen) atoms. The van der Waals surface area contributed by atoms with Crippen molar-refractivity contribution in [1.82, 2.24) is 9.13 Å². The maximum Gasteiger partial charge on any atom is 0.0991 e. The third kappa shape index (κ3) is 4.36.